The highest BCUT2D eigenvalue weighted by molar-refractivity contribution is 7.89. The molecule has 0 spiro atoms. The molecule has 120 valence electrons. The van der Waals surface area contributed by atoms with Crippen molar-refractivity contribution in [3.8, 4) is 11.3 Å². The minimum atomic E-state index is -3.57. The van der Waals surface area contributed by atoms with Crippen LogP contribution in [0.25, 0.3) is 22.3 Å². The fourth-order valence-corrected chi connectivity index (χ4v) is 4.33. The lowest BCUT2D eigenvalue weighted by Gasteiger charge is -2.20. The van der Waals surface area contributed by atoms with Crippen LogP contribution in [0.15, 0.2) is 47.8 Å². The van der Waals surface area contributed by atoms with Gasteiger partial charge in [0.05, 0.1) is 10.6 Å². The average Bonchev–Trinajstić information content (AvgIpc) is 3.04. The first-order chi connectivity index (χ1) is 11.1. The summed E-state index contributed by atoms with van der Waals surface area (Å²) in [7, 11) is -3.57. The second kappa shape index (κ2) is 6.10. The van der Waals surface area contributed by atoms with E-state index in [1.165, 1.54) is 10.6 Å². The maximum atomic E-state index is 12.9. The maximum Gasteiger partial charge on any atom is 0.243 e. The number of aromatic amines is 1. The number of hydrogen-bond donors (Lipinski definition) is 1. The molecule has 0 aliphatic heterocycles. The van der Waals surface area contributed by atoms with Crippen molar-refractivity contribution in [2.75, 3.05) is 13.1 Å². The molecule has 0 radical (unpaired) electrons. The molecule has 0 saturated heterocycles. The number of nitrogens with zero attached hydrogens (tertiary/aromatic N) is 3. The number of sulfonamides is 1. The first-order valence-corrected chi connectivity index (χ1v) is 8.91. The van der Waals surface area contributed by atoms with Crippen molar-refractivity contribution in [3.05, 3.63) is 42.9 Å². The summed E-state index contributed by atoms with van der Waals surface area (Å²) in [6, 6.07) is 8.81. The molecule has 6 nitrogen and oxygen atoms in total. The first-order valence-electron chi connectivity index (χ1n) is 7.47. The van der Waals surface area contributed by atoms with E-state index in [4.69, 9.17) is 0 Å². The highest BCUT2D eigenvalue weighted by Gasteiger charge is 2.26. The summed E-state index contributed by atoms with van der Waals surface area (Å²) in [5.41, 5.74) is 1.89. The van der Waals surface area contributed by atoms with Gasteiger partial charge in [0.2, 0.25) is 10.0 Å². The third-order valence-corrected chi connectivity index (χ3v) is 5.93. The van der Waals surface area contributed by atoms with Crippen molar-refractivity contribution in [1.29, 1.82) is 0 Å². The van der Waals surface area contributed by atoms with Gasteiger partial charge in [0.25, 0.3) is 0 Å². The van der Waals surface area contributed by atoms with E-state index >= 15 is 0 Å². The molecule has 7 heteroatoms. The summed E-state index contributed by atoms with van der Waals surface area (Å²) in [5.74, 6) is 0. The van der Waals surface area contributed by atoms with Gasteiger partial charge in [0.15, 0.2) is 0 Å². The number of aromatic nitrogens is 3. The number of H-pyrrole nitrogens is 1. The highest BCUT2D eigenvalue weighted by Crippen LogP contribution is 2.31. The number of hydrogen-bond acceptors (Lipinski definition) is 4. The van der Waals surface area contributed by atoms with Crippen molar-refractivity contribution in [2.24, 2.45) is 0 Å². The zero-order valence-corrected chi connectivity index (χ0v) is 13.8. The molecule has 2 heterocycles. The van der Waals surface area contributed by atoms with Crippen molar-refractivity contribution in [1.82, 2.24) is 19.3 Å². The smallest absolute Gasteiger partial charge is 0.243 e. The standard InChI is InChI=1S/C16H18N4O2S/c1-3-20(4-2)23(21,22)14-8-6-5-7-12(14)15-13-9-10-17-16(13)19-11-18-15/h5-11H,3-4H2,1-2H3,(H,17,18,19). The van der Waals surface area contributed by atoms with Gasteiger partial charge < -0.3 is 4.98 Å². The molecule has 23 heavy (non-hydrogen) atoms. The molecule has 0 unspecified atom stereocenters. The molecule has 3 aromatic rings. The van der Waals surface area contributed by atoms with E-state index in [2.05, 4.69) is 15.0 Å². The van der Waals surface area contributed by atoms with Gasteiger partial charge in [-0.3, -0.25) is 0 Å². The molecule has 1 aromatic carbocycles. The van der Waals surface area contributed by atoms with E-state index in [0.29, 0.717) is 30.0 Å². The summed E-state index contributed by atoms with van der Waals surface area (Å²) in [4.78, 5) is 11.8. The Morgan fingerprint density at radius 2 is 1.83 bits per heavy atom. The Labute approximate surface area is 135 Å². The van der Waals surface area contributed by atoms with E-state index < -0.39 is 10.0 Å². The Morgan fingerprint density at radius 1 is 1.09 bits per heavy atom. The van der Waals surface area contributed by atoms with Gasteiger partial charge in [-0.2, -0.15) is 4.31 Å². The SMILES string of the molecule is CCN(CC)S(=O)(=O)c1ccccc1-c1ncnc2[nH]ccc12. The van der Waals surface area contributed by atoms with E-state index in [-0.39, 0.29) is 4.90 Å². The summed E-state index contributed by atoms with van der Waals surface area (Å²) >= 11 is 0. The zero-order valence-electron chi connectivity index (χ0n) is 13.0. The van der Waals surface area contributed by atoms with Crippen molar-refractivity contribution in [3.63, 3.8) is 0 Å². The monoisotopic (exact) mass is 330 g/mol. The molecular weight excluding hydrogens is 312 g/mol. The second-order valence-corrected chi connectivity index (χ2v) is 6.95. The van der Waals surface area contributed by atoms with Gasteiger partial charge in [-0.15, -0.1) is 0 Å². The topological polar surface area (TPSA) is 79.0 Å². The molecule has 0 saturated carbocycles. The predicted octanol–water partition coefficient (Wildman–Crippen LogP) is 2.66. The summed E-state index contributed by atoms with van der Waals surface area (Å²) in [6.45, 7) is 4.52. The molecule has 1 N–H and O–H groups in total. The van der Waals surface area contributed by atoms with Crippen LogP contribution in [0.1, 0.15) is 13.8 Å². The van der Waals surface area contributed by atoms with Crippen molar-refractivity contribution in [2.45, 2.75) is 18.7 Å². The molecular formula is C16H18N4O2S. The van der Waals surface area contributed by atoms with Crippen LogP contribution in [0.4, 0.5) is 0 Å². The van der Waals surface area contributed by atoms with Crippen LogP contribution in [-0.2, 0) is 10.0 Å². The maximum absolute atomic E-state index is 12.9. The quantitative estimate of drug-likeness (QED) is 0.780. The summed E-state index contributed by atoms with van der Waals surface area (Å²) < 4.78 is 27.3. The molecule has 2 aromatic heterocycles. The van der Waals surface area contributed by atoms with E-state index in [9.17, 15) is 8.42 Å². The summed E-state index contributed by atoms with van der Waals surface area (Å²) in [5, 5.41) is 0.801. The highest BCUT2D eigenvalue weighted by atomic mass is 32.2. The predicted molar refractivity (Wildman–Crippen MR) is 89.4 cm³/mol. The van der Waals surface area contributed by atoms with E-state index in [1.807, 2.05) is 26.0 Å². The van der Waals surface area contributed by atoms with Gasteiger partial charge >= 0.3 is 0 Å². The van der Waals surface area contributed by atoms with Crippen molar-refractivity contribution < 1.29 is 8.42 Å². The lowest BCUT2D eigenvalue weighted by atomic mass is 10.1. The Morgan fingerprint density at radius 3 is 2.57 bits per heavy atom. The van der Waals surface area contributed by atoms with Crippen LogP contribution < -0.4 is 0 Å². The van der Waals surface area contributed by atoms with Crippen LogP contribution >= 0.6 is 0 Å². The zero-order chi connectivity index (χ0) is 16.4. The second-order valence-electron chi connectivity index (χ2n) is 5.05. The molecule has 0 aliphatic carbocycles. The third-order valence-electron chi connectivity index (χ3n) is 3.82. The van der Waals surface area contributed by atoms with Crippen LogP contribution in [0.3, 0.4) is 0 Å². The lowest BCUT2D eigenvalue weighted by molar-refractivity contribution is 0.445. The molecule has 0 amide bonds. The average molecular weight is 330 g/mol. The molecule has 3 rings (SSSR count). The van der Waals surface area contributed by atoms with Crippen LogP contribution in [-0.4, -0.2) is 40.8 Å². The number of nitrogens with one attached hydrogen (secondary N) is 1. The van der Waals surface area contributed by atoms with Crippen LogP contribution in [0, 0.1) is 0 Å². The number of benzene rings is 1. The Kier molecular flexibility index (Phi) is 4.14. The normalized spacial score (nSPS) is 12.1. The van der Waals surface area contributed by atoms with Crippen LogP contribution in [0.5, 0.6) is 0 Å². The largest absolute Gasteiger partial charge is 0.346 e. The van der Waals surface area contributed by atoms with Crippen molar-refractivity contribution >= 4 is 21.1 Å². The fraction of sp³-hybridized carbons (Fsp3) is 0.250. The molecule has 0 aliphatic rings. The van der Waals surface area contributed by atoms with Gasteiger partial charge in [0.1, 0.15) is 12.0 Å². The van der Waals surface area contributed by atoms with Gasteiger partial charge in [-0.1, -0.05) is 32.0 Å². The minimum absolute atomic E-state index is 0.268. The van der Waals surface area contributed by atoms with Gasteiger partial charge in [-0.05, 0) is 12.1 Å². The molecule has 0 bridgehead atoms. The number of rotatable bonds is 5. The van der Waals surface area contributed by atoms with Crippen LogP contribution in [0.2, 0.25) is 0 Å². The molecule has 0 fully saturated rings. The lowest BCUT2D eigenvalue weighted by Crippen LogP contribution is -2.31. The Hall–Kier alpha value is -2.25. The van der Waals surface area contributed by atoms with E-state index in [0.717, 1.165) is 5.39 Å². The fourth-order valence-electron chi connectivity index (χ4n) is 2.68. The van der Waals surface area contributed by atoms with Gasteiger partial charge in [-0.25, -0.2) is 18.4 Å². The Bertz CT molecular complexity index is 930. The third kappa shape index (κ3) is 2.62. The first kappa shape index (κ1) is 15.6. The van der Waals surface area contributed by atoms with E-state index in [1.54, 1.807) is 24.4 Å². The Balaban J connectivity index is 2.25. The van der Waals surface area contributed by atoms with Gasteiger partial charge in [0, 0.05) is 30.2 Å². The molecule has 0 atom stereocenters. The summed E-state index contributed by atoms with van der Waals surface area (Å²) in [6.07, 6.45) is 3.21. The minimum Gasteiger partial charge on any atom is -0.346 e. The number of fused-ring (bicyclic) bond motifs is 1.